The SMILES string of the molecule is Cc1cn2cc(C(=O)Nc3ccc(N4CCN(C(=O)O)[C@@H](C)C4)nn3)c(OC3CCOCC3)cc2n1. The molecule has 12 nitrogen and oxygen atoms in total. The molecule has 2 N–H and O–H groups in total. The first-order valence-corrected chi connectivity index (χ1v) is 12.0. The average Bonchev–Trinajstić information content (AvgIpc) is 3.23. The number of piperazine rings is 1. The highest BCUT2D eigenvalue weighted by Crippen LogP contribution is 2.26. The van der Waals surface area contributed by atoms with E-state index in [0.29, 0.717) is 61.4 Å². The highest BCUT2D eigenvalue weighted by atomic mass is 16.5. The molecule has 36 heavy (non-hydrogen) atoms. The third kappa shape index (κ3) is 5.03. The Hall–Kier alpha value is -3.93. The summed E-state index contributed by atoms with van der Waals surface area (Å²) in [6.07, 6.45) is 4.12. The molecule has 1 atom stereocenters. The van der Waals surface area contributed by atoms with Crippen molar-refractivity contribution in [1.82, 2.24) is 24.5 Å². The fourth-order valence-electron chi connectivity index (χ4n) is 4.58. The number of carbonyl (C=O) groups is 2. The van der Waals surface area contributed by atoms with Gasteiger partial charge in [-0.3, -0.25) is 4.79 Å². The van der Waals surface area contributed by atoms with Crippen molar-refractivity contribution in [1.29, 1.82) is 0 Å². The summed E-state index contributed by atoms with van der Waals surface area (Å²) in [4.78, 5) is 32.5. The van der Waals surface area contributed by atoms with Crippen LogP contribution in [-0.4, -0.2) is 86.6 Å². The van der Waals surface area contributed by atoms with Crippen LogP contribution < -0.4 is 15.0 Å². The number of imidazole rings is 1. The van der Waals surface area contributed by atoms with Crippen molar-refractivity contribution in [2.45, 2.75) is 38.8 Å². The molecular formula is C24H29N7O5. The van der Waals surface area contributed by atoms with Crippen molar-refractivity contribution in [2.75, 3.05) is 43.1 Å². The molecule has 5 rings (SSSR count). The zero-order valence-electron chi connectivity index (χ0n) is 20.3. The maximum absolute atomic E-state index is 13.3. The van der Waals surface area contributed by atoms with Gasteiger partial charge in [0.15, 0.2) is 11.6 Å². The highest BCUT2D eigenvalue weighted by molar-refractivity contribution is 6.05. The van der Waals surface area contributed by atoms with Crippen LogP contribution in [0.15, 0.2) is 30.6 Å². The van der Waals surface area contributed by atoms with Gasteiger partial charge in [0.05, 0.1) is 24.5 Å². The lowest BCUT2D eigenvalue weighted by atomic mass is 10.1. The highest BCUT2D eigenvalue weighted by Gasteiger charge is 2.28. The number of nitrogens with zero attached hydrogens (tertiary/aromatic N) is 6. The Morgan fingerprint density at radius 2 is 1.97 bits per heavy atom. The first kappa shape index (κ1) is 23.8. The van der Waals surface area contributed by atoms with E-state index in [-0.39, 0.29) is 18.1 Å². The molecule has 0 aromatic carbocycles. The Balaban J connectivity index is 1.32. The third-order valence-corrected chi connectivity index (χ3v) is 6.47. The van der Waals surface area contributed by atoms with E-state index < -0.39 is 6.09 Å². The molecule has 2 aliphatic heterocycles. The molecule has 3 aromatic heterocycles. The molecule has 0 unspecified atom stereocenters. The van der Waals surface area contributed by atoms with E-state index >= 15 is 0 Å². The second-order valence-electron chi connectivity index (χ2n) is 9.13. The average molecular weight is 496 g/mol. The lowest BCUT2D eigenvalue weighted by Crippen LogP contribution is -2.54. The maximum atomic E-state index is 13.3. The molecule has 0 radical (unpaired) electrons. The summed E-state index contributed by atoms with van der Waals surface area (Å²) in [6.45, 7) is 6.44. The normalized spacial score (nSPS) is 18.9. The van der Waals surface area contributed by atoms with Crippen molar-refractivity contribution in [3.63, 3.8) is 0 Å². The molecule has 2 fully saturated rings. The Morgan fingerprint density at radius 1 is 1.17 bits per heavy atom. The third-order valence-electron chi connectivity index (χ3n) is 6.47. The quantitative estimate of drug-likeness (QED) is 0.547. The zero-order valence-corrected chi connectivity index (χ0v) is 20.3. The van der Waals surface area contributed by atoms with Crippen LogP contribution in [0.3, 0.4) is 0 Å². The summed E-state index contributed by atoms with van der Waals surface area (Å²) in [5.41, 5.74) is 1.91. The number of rotatable bonds is 5. The molecule has 2 aliphatic rings. The molecule has 3 aromatic rings. The molecule has 0 saturated carbocycles. The molecule has 2 amide bonds. The van der Waals surface area contributed by atoms with Gasteiger partial charge in [-0.05, 0) is 26.0 Å². The number of nitrogens with one attached hydrogen (secondary N) is 1. The number of ether oxygens (including phenoxy) is 2. The van der Waals surface area contributed by atoms with Crippen LogP contribution in [0.2, 0.25) is 0 Å². The topological polar surface area (TPSA) is 134 Å². The molecule has 0 bridgehead atoms. The Morgan fingerprint density at radius 3 is 2.67 bits per heavy atom. The van der Waals surface area contributed by atoms with Gasteiger partial charge in [-0.2, -0.15) is 0 Å². The number of hydrogen-bond donors (Lipinski definition) is 2. The van der Waals surface area contributed by atoms with E-state index in [1.165, 1.54) is 4.90 Å². The molecule has 0 aliphatic carbocycles. The number of carbonyl (C=O) groups excluding carboxylic acids is 1. The van der Waals surface area contributed by atoms with Crippen molar-refractivity contribution < 1.29 is 24.2 Å². The minimum absolute atomic E-state index is 0.0353. The predicted octanol–water partition coefficient (Wildman–Crippen LogP) is 2.43. The van der Waals surface area contributed by atoms with Gasteiger partial charge in [-0.15, -0.1) is 10.2 Å². The number of aryl methyl sites for hydroxylation is 1. The number of fused-ring (bicyclic) bond motifs is 1. The summed E-state index contributed by atoms with van der Waals surface area (Å²) in [5, 5.41) is 20.5. The summed E-state index contributed by atoms with van der Waals surface area (Å²) in [5.74, 6) is 1.03. The Labute approximate surface area is 207 Å². The summed E-state index contributed by atoms with van der Waals surface area (Å²) in [7, 11) is 0. The molecular weight excluding hydrogens is 466 g/mol. The van der Waals surface area contributed by atoms with Crippen molar-refractivity contribution in [2.24, 2.45) is 0 Å². The minimum atomic E-state index is -0.921. The van der Waals surface area contributed by atoms with Crippen LogP contribution in [0.1, 0.15) is 35.8 Å². The number of anilines is 2. The first-order chi connectivity index (χ1) is 17.4. The second kappa shape index (κ2) is 9.97. The second-order valence-corrected chi connectivity index (χ2v) is 9.13. The van der Waals surface area contributed by atoms with Crippen LogP contribution in [0.4, 0.5) is 16.4 Å². The maximum Gasteiger partial charge on any atom is 0.407 e. The van der Waals surface area contributed by atoms with E-state index in [0.717, 1.165) is 18.5 Å². The van der Waals surface area contributed by atoms with E-state index in [4.69, 9.17) is 9.47 Å². The Kier molecular flexibility index (Phi) is 6.59. The standard InChI is InChI=1S/C24H29N7O5/c1-15-12-30-14-18(19(11-22(30)25-15)36-17-5-9-35-10-6-17)23(32)26-20-3-4-21(28-27-20)29-7-8-31(24(33)34)16(2)13-29/h3-4,11-12,14,16-17H,5-10,13H2,1-2H3,(H,33,34)(H,26,27,32)/t16-/m0/s1. The first-order valence-electron chi connectivity index (χ1n) is 12.0. The fraction of sp³-hybridized carbons (Fsp3) is 0.458. The van der Waals surface area contributed by atoms with Crippen LogP contribution >= 0.6 is 0 Å². The monoisotopic (exact) mass is 495 g/mol. The van der Waals surface area contributed by atoms with E-state index in [9.17, 15) is 14.7 Å². The number of hydrogen-bond acceptors (Lipinski definition) is 8. The van der Waals surface area contributed by atoms with Crippen molar-refractivity contribution in [3.8, 4) is 5.75 Å². The molecule has 0 spiro atoms. The van der Waals surface area contributed by atoms with Crippen molar-refractivity contribution in [3.05, 3.63) is 41.9 Å². The lowest BCUT2D eigenvalue weighted by molar-refractivity contribution is 0.0253. The van der Waals surface area contributed by atoms with Gasteiger partial charge in [-0.25, -0.2) is 9.78 Å². The number of pyridine rings is 1. The van der Waals surface area contributed by atoms with Gasteiger partial charge in [0.1, 0.15) is 17.5 Å². The smallest absolute Gasteiger partial charge is 0.407 e. The Bertz CT molecular complexity index is 1260. The van der Waals surface area contributed by atoms with E-state index in [1.807, 2.05) is 24.9 Å². The van der Waals surface area contributed by atoms with Gasteiger partial charge in [0.25, 0.3) is 5.91 Å². The molecule has 190 valence electrons. The van der Waals surface area contributed by atoms with Gasteiger partial charge in [0, 0.05) is 57.0 Å². The van der Waals surface area contributed by atoms with Crippen LogP contribution in [-0.2, 0) is 4.74 Å². The number of carboxylic acid groups (broad SMARTS) is 1. The molecule has 5 heterocycles. The van der Waals surface area contributed by atoms with E-state index in [2.05, 4.69) is 20.5 Å². The fourth-order valence-corrected chi connectivity index (χ4v) is 4.58. The van der Waals surface area contributed by atoms with Gasteiger partial charge in [0.2, 0.25) is 0 Å². The lowest BCUT2D eigenvalue weighted by Gasteiger charge is -2.38. The van der Waals surface area contributed by atoms with Crippen LogP contribution in [0.5, 0.6) is 5.75 Å². The number of aromatic nitrogens is 4. The summed E-state index contributed by atoms with van der Waals surface area (Å²) in [6, 6.07) is 5.08. The van der Waals surface area contributed by atoms with Crippen LogP contribution in [0.25, 0.3) is 5.65 Å². The zero-order chi connectivity index (χ0) is 25.2. The summed E-state index contributed by atoms with van der Waals surface area (Å²) < 4.78 is 13.4. The van der Waals surface area contributed by atoms with Gasteiger partial charge < -0.3 is 34.1 Å². The predicted molar refractivity (Wildman–Crippen MR) is 131 cm³/mol. The summed E-state index contributed by atoms with van der Waals surface area (Å²) >= 11 is 0. The van der Waals surface area contributed by atoms with Crippen molar-refractivity contribution >= 4 is 29.3 Å². The minimum Gasteiger partial charge on any atom is -0.489 e. The molecule has 12 heteroatoms. The van der Waals surface area contributed by atoms with Gasteiger partial charge in [-0.1, -0.05) is 0 Å². The van der Waals surface area contributed by atoms with Gasteiger partial charge >= 0.3 is 6.09 Å². The van der Waals surface area contributed by atoms with E-state index in [1.54, 1.807) is 28.8 Å². The van der Waals surface area contributed by atoms with Crippen LogP contribution in [0, 0.1) is 6.92 Å². The number of amides is 2. The largest absolute Gasteiger partial charge is 0.489 e. The molecule has 2 saturated heterocycles.